The molecule has 0 saturated carbocycles. The number of aromatic nitrogens is 5. The summed E-state index contributed by atoms with van der Waals surface area (Å²) in [6.45, 7) is 4.74. The third-order valence-corrected chi connectivity index (χ3v) is 5.27. The van der Waals surface area contributed by atoms with E-state index in [-0.39, 0.29) is 0 Å². The zero-order chi connectivity index (χ0) is 18.1. The summed E-state index contributed by atoms with van der Waals surface area (Å²) < 4.78 is 7.36. The van der Waals surface area contributed by atoms with Gasteiger partial charge in [0.15, 0.2) is 5.82 Å². The maximum atomic E-state index is 5.21. The van der Waals surface area contributed by atoms with Crippen LogP contribution in [0.5, 0.6) is 0 Å². The van der Waals surface area contributed by atoms with Crippen LogP contribution in [0.2, 0.25) is 0 Å². The number of benzene rings is 1. The van der Waals surface area contributed by atoms with E-state index in [0.29, 0.717) is 12.6 Å². The van der Waals surface area contributed by atoms with Crippen LogP contribution >= 0.6 is 0 Å². The highest BCUT2D eigenvalue weighted by atomic mass is 16.5. The summed E-state index contributed by atoms with van der Waals surface area (Å²) in [5.41, 5.74) is 6.20. The maximum absolute atomic E-state index is 5.21. The highest BCUT2D eigenvalue weighted by Gasteiger charge is 2.26. The summed E-state index contributed by atoms with van der Waals surface area (Å²) in [4.78, 5) is 4.84. The van der Waals surface area contributed by atoms with Gasteiger partial charge in [-0.3, -0.25) is 5.10 Å². The Labute approximate surface area is 153 Å². The third-order valence-electron chi connectivity index (χ3n) is 5.27. The lowest BCUT2D eigenvalue weighted by Gasteiger charge is -2.13. The predicted octanol–water partition coefficient (Wildman–Crippen LogP) is 2.74. The molecule has 6 nitrogen and oxygen atoms in total. The van der Waals surface area contributed by atoms with Crippen molar-refractivity contribution < 1.29 is 4.74 Å². The molecule has 2 heterocycles. The van der Waals surface area contributed by atoms with E-state index in [4.69, 9.17) is 14.8 Å². The normalized spacial score (nSPS) is 14.1. The molecule has 0 bridgehead atoms. The van der Waals surface area contributed by atoms with Gasteiger partial charge in [0, 0.05) is 31.2 Å². The molecule has 1 aliphatic rings. The van der Waals surface area contributed by atoms with Crippen LogP contribution < -0.4 is 0 Å². The molecule has 26 heavy (non-hydrogen) atoms. The van der Waals surface area contributed by atoms with Crippen molar-refractivity contribution in [2.24, 2.45) is 0 Å². The van der Waals surface area contributed by atoms with Crippen molar-refractivity contribution in [1.29, 1.82) is 0 Å². The summed E-state index contributed by atoms with van der Waals surface area (Å²) in [5, 5.41) is 12.2. The molecule has 0 aliphatic heterocycles. The molecule has 2 aromatic heterocycles. The molecular weight excluding hydrogens is 326 g/mol. The molecule has 3 aromatic rings. The Balaban J connectivity index is 1.65. The van der Waals surface area contributed by atoms with Gasteiger partial charge in [-0.1, -0.05) is 24.3 Å². The molecule has 0 saturated heterocycles. The van der Waals surface area contributed by atoms with Crippen molar-refractivity contribution in [2.45, 2.75) is 45.6 Å². The van der Waals surface area contributed by atoms with Crippen LogP contribution in [0.4, 0.5) is 0 Å². The number of hydrogen-bond acceptors (Lipinski definition) is 4. The molecular formula is C20H25N5O. The van der Waals surface area contributed by atoms with Crippen LogP contribution in [0.15, 0.2) is 24.3 Å². The minimum Gasteiger partial charge on any atom is -0.384 e. The number of aryl methyl sites for hydroxylation is 2. The van der Waals surface area contributed by atoms with Crippen LogP contribution in [0.25, 0.3) is 0 Å². The number of nitrogens with one attached hydrogen (secondary N) is 1. The molecule has 0 amide bonds. The van der Waals surface area contributed by atoms with Gasteiger partial charge in [-0.15, -0.1) is 0 Å². The number of ether oxygens (including phenoxy) is 1. The number of fused-ring (bicyclic) bond motifs is 1. The van der Waals surface area contributed by atoms with E-state index in [1.54, 1.807) is 7.11 Å². The van der Waals surface area contributed by atoms with Crippen LogP contribution in [-0.2, 0) is 30.4 Å². The van der Waals surface area contributed by atoms with E-state index in [2.05, 4.69) is 46.1 Å². The molecule has 1 aromatic carbocycles. The molecule has 6 heteroatoms. The van der Waals surface area contributed by atoms with E-state index in [1.165, 1.54) is 16.7 Å². The van der Waals surface area contributed by atoms with Crippen LogP contribution in [0.3, 0.4) is 0 Å². The Morgan fingerprint density at radius 3 is 2.54 bits per heavy atom. The zero-order valence-electron chi connectivity index (χ0n) is 15.6. The Hall–Kier alpha value is -2.47. The van der Waals surface area contributed by atoms with Gasteiger partial charge in [0.25, 0.3) is 0 Å². The van der Waals surface area contributed by atoms with Crippen molar-refractivity contribution in [3.05, 3.63) is 64.0 Å². The lowest BCUT2D eigenvalue weighted by Crippen LogP contribution is -2.15. The fourth-order valence-electron chi connectivity index (χ4n) is 3.82. The van der Waals surface area contributed by atoms with E-state index in [9.17, 15) is 0 Å². The monoisotopic (exact) mass is 351 g/mol. The number of H-pyrrole nitrogens is 1. The first-order valence-electron chi connectivity index (χ1n) is 9.16. The molecule has 0 atom stereocenters. The zero-order valence-corrected chi connectivity index (χ0v) is 15.6. The van der Waals surface area contributed by atoms with E-state index in [1.807, 2.05) is 6.92 Å². The second kappa shape index (κ2) is 7.03. The minimum absolute atomic E-state index is 0.332. The third kappa shape index (κ3) is 3.17. The van der Waals surface area contributed by atoms with Gasteiger partial charge in [-0.25, -0.2) is 9.67 Å². The molecule has 136 valence electrons. The molecule has 0 radical (unpaired) electrons. The second-order valence-corrected chi connectivity index (χ2v) is 7.05. The highest BCUT2D eigenvalue weighted by molar-refractivity contribution is 5.33. The fourth-order valence-corrected chi connectivity index (χ4v) is 3.82. The highest BCUT2D eigenvalue weighted by Crippen LogP contribution is 2.31. The Kier molecular flexibility index (Phi) is 4.59. The number of rotatable bonds is 6. The van der Waals surface area contributed by atoms with E-state index in [0.717, 1.165) is 48.7 Å². The smallest absolute Gasteiger partial charge is 0.153 e. The van der Waals surface area contributed by atoms with Gasteiger partial charge < -0.3 is 4.74 Å². The summed E-state index contributed by atoms with van der Waals surface area (Å²) in [5.74, 6) is 1.87. The average Bonchev–Trinajstić information content (AvgIpc) is 3.32. The van der Waals surface area contributed by atoms with Crippen molar-refractivity contribution in [1.82, 2.24) is 25.0 Å². The lowest BCUT2D eigenvalue weighted by atomic mass is 10.1. The van der Waals surface area contributed by atoms with Crippen LogP contribution in [0, 0.1) is 13.8 Å². The largest absolute Gasteiger partial charge is 0.384 e. The molecule has 1 aliphatic carbocycles. The van der Waals surface area contributed by atoms with Crippen LogP contribution in [-0.4, -0.2) is 38.7 Å². The first-order chi connectivity index (χ1) is 12.7. The maximum Gasteiger partial charge on any atom is 0.153 e. The Bertz CT molecular complexity index is 866. The summed E-state index contributed by atoms with van der Waals surface area (Å²) >= 11 is 0. The van der Waals surface area contributed by atoms with Crippen molar-refractivity contribution in [3.63, 3.8) is 0 Å². The minimum atomic E-state index is 0.332. The van der Waals surface area contributed by atoms with Crippen molar-refractivity contribution in [2.75, 3.05) is 13.7 Å². The molecule has 4 rings (SSSR count). The number of methoxy groups -OCH3 is 1. The van der Waals surface area contributed by atoms with Gasteiger partial charge in [0.2, 0.25) is 0 Å². The lowest BCUT2D eigenvalue weighted by molar-refractivity contribution is 0.200. The number of nitrogens with zero attached hydrogens (tertiary/aromatic N) is 4. The molecule has 0 fully saturated rings. The fraction of sp³-hybridized carbons (Fsp3) is 0.450. The Morgan fingerprint density at radius 1 is 1.19 bits per heavy atom. The Morgan fingerprint density at radius 2 is 1.92 bits per heavy atom. The number of hydrogen-bond donors (Lipinski definition) is 1. The van der Waals surface area contributed by atoms with E-state index < -0.39 is 0 Å². The standard InChI is InChI=1S/C20H25N5O/c1-13-18(14(2)23-22-13)12-20-21-19(8-9-26-3)24-25(20)17-10-15-6-4-5-7-16(15)11-17/h4-7,17H,8-12H2,1-3H3,(H,22,23). The van der Waals surface area contributed by atoms with Crippen LogP contribution in [0.1, 0.15) is 45.8 Å². The van der Waals surface area contributed by atoms with Gasteiger partial charge in [-0.2, -0.15) is 10.2 Å². The predicted molar refractivity (Wildman–Crippen MR) is 99.4 cm³/mol. The first-order valence-corrected chi connectivity index (χ1v) is 9.16. The average molecular weight is 351 g/mol. The first kappa shape index (κ1) is 17.0. The topological polar surface area (TPSA) is 68.6 Å². The summed E-state index contributed by atoms with van der Waals surface area (Å²) in [6, 6.07) is 9.01. The summed E-state index contributed by atoms with van der Waals surface area (Å²) in [6.07, 6.45) is 3.51. The molecule has 0 spiro atoms. The van der Waals surface area contributed by atoms with E-state index >= 15 is 0 Å². The van der Waals surface area contributed by atoms with Gasteiger partial charge in [-0.05, 0) is 37.8 Å². The van der Waals surface area contributed by atoms with Crippen molar-refractivity contribution in [3.8, 4) is 0 Å². The van der Waals surface area contributed by atoms with Gasteiger partial charge in [0.05, 0.1) is 18.3 Å². The number of aromatic amines is 1. The SMILES string of the molecule is COCCc1nc(Cc2c(C)n[nH]c2C)n(C2Cc3ccccc3C2)n1. The molecule has 1 N–H and O–H groups in total. The summed E-state index contributed by atoms with van der Waals surface area (Å²) in [7, 11) is 1.71. The quantitative estimate of drug-likeness (QED) is 0.741. The second-order valence-electron chi connectivity index (χ2n) is 7.05. The van der Waals surface area contributed by atoms with Crippen molar-refractivity contribution >= 4 is 0 Å². The molecule has 0 unspecified atom stereocenters. The van der Waals surface area contributed by atoms with Gasteiger partial charge in [0.1, 0.15) is 5.82 Å². The van der Waals surface area contributed by atoms with Gasteiger partial charge >= 0.3 is 0 Å².